The third kappa shape index (κ3) is 2.92. The van der Waals surface area contributed by atoms with Gasteiger partial charge in [-0.05, 0) is 25.8 Å². The van der Waals surface area contributed by atoms with E-state index >= 15 is 0 Å². The van der Waals surface area contributed by atoms with Crippen LogP contribution in [0.1, 0.15) is 25.3 Å². The monoisotopic (exact) mass is 236 g/mol. The number of likely N-dealkylation sites (N-methyl/N-ethyl adjacent to an activating group) is 1. The standard InChI is InChI=1S/C12H20N4O/c1-2-16(9-11-4-3-7-17-11)12-10(8-13)5-6-14-15-12/h5-6,11H,2-4,7-9,13H2,1H3. The Bertz CT molecular complexity index is 352. The molecule has 0 aliphatic carbocycles. The molecule has 5 heteroatoms. The molecule has 2 N–H and O–H groups in total. The molecule has 94 valence electrons. The zero-order valence-electron chi connectivity index (χ0n) is 10.3. The van der Waals surface area contributed by atoms with Crippen molar-refractivity contribution in [2.75, 3.05) is 24.6 Å². The van der Waals surface area contributed by atoms with Gasteiger partial charge in [0, 0.05) is 31.8 Å². The van der Waals surface area contributed by atoms with Crippen molar-refractivity contribution in [1.82, 2.24) is 10.2 Å². The van der Waals surface area contributed by atoms with Gasteiger partial charge in [0.15, 0.2) is 5.82 Å². The number of ether oxygens (including phenoxy) is 1. The molecule has 1 saturated heterocycles. The van der Waals surface area contributed by atoms with Gasteiger partial charge >= 0.3 is 0 Å². The zero-order valence-corrected chi connectivity index (χ0v) is 10.3. The number of hydrogen-bond donors (Lipinski definition) is 1. The average molecular weight is 236 g/mol. The van der Waals surface area contributed by atoms with Crippen molar-refractivity contribution in [3.63, 3.8) is 0 Å². The van der Waals surface area contributed by atoms with E-state index in [9.17, 15) is 0 Å². The molecule has 0 bridgehead atoms. The molecule has 2 rings (SSSR count). The van der Waals surface area contributed by atoms with Gasteiger partial charge in [-0.1, -0.05) is 0 Å². The summed E-state index contributed by atoms with van der Waals surface area (Å²) in [5, 5.41) is 8.15. The van der Waals surface area contributed by atoms with Crippen molar-refractivity contribution >= 4 is 5.82 Å². The summed E-state index contributed by atoms with van der Waals surface area (Å²) in [6.07, 6.45) is 4.30. The molecular formula is C12H20N4O. The predicted molar refractivity (Wildman–Crippen MR) is 66.8 cm³/mol. The van der Waals surface area contributed by atoms with Crippen LogP contribution in [-0.4, -0.2) is 36.0 Å². The lowest BCUT2D eigenvalue weighted by atomic mass is 10.2. The molecule has 0 saturated carbocycles. The molecule has 0 radical (unpaired) electrons. The summed E-state index contributed by atoms with van der Waals surface area (Å²) in [4.78, 5) is 2.20. The second kappa shape index (κ2) is 5.93. The molecule has 1 aliphatic rings. The van der Waals surface area contributed by atoms with Crippen molar-refractivity contribution in [3.05, 3.63) is 17.8 Å². The molecule has 1 unspecified atom stereocenters. The van der Waals surface area contributed by atoms with E-state index in [4.69, 9.17) is 10.5 Å². The normalized spacial score (nSPS) is 19.5. The van der Waals surface area contributed by atoms with Crippen LogP contribution in [0.25, 0.3) is 0 Å². The quantitative estimate of drug-likeness (QED) is 0.824. The van der Waals surface area contributed by atoms with E-state index < -0.39 is 0 Å². The molecule has 5 nitrogen and oxygen atoms in total. The fourth-order valence-electron chi connectivity index (χ4n) is 2.18. The summed E-state index contributed by atoms with van der Waals surface area (Å²) in [5.41, 5.74) is 6.77. The van der Waals surface area contributed by atoms with Crippen LogP contribution in [-0.2, 0) is 11.3 Å². The summed E-state index contributed by atoms with van der Waals surface area (Å²) in [5.74, 6) is 0.896. The lowest BCUT2D eigenvalue weighted by Gasteiger charge is -2.26. The first kappa shape index (κ1) is 12.3. The molecule has 0 aromatic carbocycles. The predicted octanol–water partition coefficient (Wildman–Crippen LogP) is 0.941. The average Bonchev–Trinajstić information content (AvgIpc) is 2.89. The number of hydrogen-bond acceptors (Lipinski definition) is 5. The Kier molecular flexibility index (Phi) is 4.28. The van der Waals surface area contributed by atoms with Gasteiger partial charge in [0.1, 0.15) is 0 Å². The van der Waals surface area contributed by atoms with Gasteiger partial charge in [-0.2, -0.15) is 5.10 Å². The van der Waals surface area contributed by atoms with E-state index in [0.29, 0.717) is 12.6 Å². The Morgan fingerprint density at radius 1 is 1.59 bits per heavy atom. The first-order valence-electron chi connectivity index (χ1n) is 6.22. The van der Waals surface area contributed by atoms with Crippen molar-refractivity contribution in [2.24, 2.45) is 5.73 Å². The summed E-state index contributed by atoms with van der Waals surface area (Å²) in [6.45, 7) is 5.26. The van der Waals surface area contributed by atoms with E-state index in [0.717, 1.165) is 43.9 Å². The summed E-state index contributed by atoms with van der Waals surface area (Å²) < 4.78 is 5.66. The first-order valence-corrected chi connectivity index (χ1v) is 6.22. The molecule has 1 aromatic rings. The molecule has 2 heterocycles. The minimum Gasteiger partial charge on any atom is -0.376 e. The largest absolute Gasteiger partial charge is 0.376 e. The number of nitrogens with zero attached hydrogens (tertiary/aromatic N) is 3. The van der Waals surface area contributed by atoms with Crippen LogP contribution in [0.4, 0.5) is 5.82 Å². The van der Waals surface area contributed by atoms with Gasteiger partial charge in [0.05, 0.1) is 12.3 Å². The molecule has 1 atom stereocenters. The van der Waals surface area contributed by atoms with Crippen LogP contribution in [0.2, 0.25) is 0 Å². The van der Waals surface area contributed by atoms with E-state index in [-0.39, 0.29) is 0 Å². The van der Waals surface area contributed by atoms with Crippen molar-refractivity contribution in [3.8, 4) is 0 Å². The molecule has 1 aliphatic heterocycles. The number of rotatable bonds is 5. The fraction of sp³-hybridized carbons (Fsp3) is 0.667. The van der Waals surface area contributed by atoms with Gasteiger partial charge in [-0.25, -0.2) is 0 Å². The Labute approximate surface area is 102 Å². The van der Waals surface area contributed by atoms with Crippen LogP contribution in [0.5, 0.6) is 0 Å². The molecule has 0 amide bonds. The highest BCUT2D eigenvalue weighted by atomic mass is 16.5. The maximum absolute atomic E-state index is 5.73. The van der Waals surface area contributed by atoms with Gasteiger partial charge in [-0.3, -0.25) is 0 Å². The molecule has 1 fully saturated rings. The smallest absolute Gasteiger partial charge is 0.155 e. The van der Waals surface area contributed by atoms with Crippen LogP contribution in [0.3, 0.4) is 0 Å². The molecular weight excluding hydrogens is 216 g/mol. The highest BCUT2D eigenvalue weighted by molar-refractivity contribution is 5.45. The highest BCUT2D eigenvalue weighted by Gasteiger charge is 2.20. The summed E-state index contributed by atoms with van der Waals surface area (Å²) in [7, 11) is 0. The fourth-order valence-corrected chi connectivity index (χ4v) is 2.18. The van der Waals surface area contributed by atoms with E-state index in [1.807, 2.05) is 6.07 Å². The van der Waals surface area contributed by atoms with E-state index in [1.54, 1.807) is 6.20 Å². The van der Waals surface area contributed by atoms with Gasteiger partial charge in [0.25, 0.3) is 0 Å². The van der Waals surface area contributed by atoms with E-state index in [2.05, 4.69) is 22.0 Å². The topological polar surface area (TPSA) is 64.3 Å². The molecule has 0 spiro atoms. The summed E-state index contributed by atoms with van der Waals surface area (Å²) in [6, 6.07) is 1.93. The minimum atomic E-state index is 0.322. The van der Waals surface area contributed by atoms with E-state index in [1.165, 1.54) is 0 Å². The minimum absolute atomic E-state index is 0.322. The summed E-state index contributed by atoms with van der Waals surface area (Å²) >= 11 is 0. The second-order valence-corrected chi connectivity index (χ2v) is 4.26. The third-order valence-electron chi connectivity index (χ3n) is 3.13. The van der Waals surface area contributed by atoms with Crippen LogP contribution >= 0.6 is 0 Å². The Hall–Kier alpha value is -1.20. The number of nitrogens with two attached hydrogens (primary N) is 1. The molecule has 17 heavy (non-hydrogen) atoms. The van der Waals surface area contributed by atoms with Crippen molar-refractivity contribution in [2.45, 2.75) is 32.4 Å². The lowest BCUT2D eigenvalue weighted by molar-refractivity contribution is 0.115. The maximum Gasteiger partial charge on any atom is 0.155 e. The van der Waals surface area contributed by atoms with Gasteiger partial charge < -0.3 is 15.4 Å². The van der Waals surface area contributed by atoms with Gasteiger partial charge in [0.2, 0.25) is 0 Å². The van der Waals surface area contributed by atoms with Crippen LogP contribution in [0.15, 0.2) is 12.3 Å². The first-order chi connectivity index (χ1) is 8.35. The SMILES string of the molecule is CCN(CC1CCCO1)c1nnccc1CN. The van der Waals surface area contributed by atoms with Crippen LogP contribution < -0.4 is 10.6 Å². The van der Waals surface area contributed by atoms with Crippen LogP contribution in [0, 0.1) is 0 Å². The second-order valence-electron chi connectivity index (χ2n) is 4.26. The number of anilines is 1. The Morgan fingerprint density at radius 2 is 2.47 bits per heavy atom. The zero-order chi connectivity index (χ0) is 12.1. The van der Waals surface area contributed by atoms with Gasteiger partial charge in [-0.15, -0.1) is 5.10 Å². The molecule has 1 aromatic heterocycles. The van der Waals surface area contributed by atoms with Crippen molar-refractivity contribution < 1.29 is 4.74 Å². The Morgan fingerprint density at radius 3 is 3.12 bits per heavy atom. The Balaban J connectivity index is 2.10. The lowest BCUT2D eigenvalue weighted by Crippen LogP contribution is -2.33. The maximum atomic E-state index is 5.73. The number of aromatic nitrogens is 2. The highest BCUT2D eigenvalue weighted by Crippen LogP contribution is 2.19. The van der Waals surface area contributed by atoms with Crippen molar-refractivity contribution in [1.29, 1.82) is 0 Å². The third-order valence-corrected chi connectivity index (χ3v) is 3.13.